The van der Waals surface area contributed by atoms with Gasteiger partial charge in [0.15, 0.2) is 0 Å². The van der Waals surface area contributed by atoms with Crippen LogP contribution in [0.25, 0.3) is 0 Å². The number of amides is 3. The van der Waals surface area contributed by atoms with Gasteiger partial charge in [0, 0.05) is 45.6 Å². The molecule has 24 heavy (non-hydrogen) atoms. The Morgan fingerprint density at radius 1 is 1.04 bits per heavy atom. The number of ether oxygens (including phenoxy) is 1. The Morgan fingerprint density at radius 2 is 1.71 bits per heavy atom. The van der Waals surface area contributed by atoms with E-state index >= 15 is 0 Å². The molecule has 0 radical (unpaired) electrons. The van der Waals surface area contributed by atoms with E-state index in [4.69, 9.17) is 4.74 Å². The second-order valence-corrected chi connectivity index (χ2v) is 5.75. The maximum absolute atomic E-state index is 12.7. The lowest BCUT2D eigenvalue weighted by atomic mass is 10.1. The quantitative estimate of drug-likeness (QED) is 0.905. The third kappa shape index (κ3) is 4.24. The van der Waals surface area contributed by atoms with Gasteiger partial charge in [-0.1, -0.05) is 0 Å². The van der Waals surface area contributed by atoms with Crippen LogP contribution in [-0.2, 0) is 9.59 Å². The van der Waals surface area contributed by atoms with E-state index in [0.717, 1.165) is 6.42 Å². The van der Waals surface area contributed by atoms with Gasteiger partial charge in [-0.15, -0.1) is 0 Å². The lowest BCUT2D eigenvalue weighted by molar-refractivity contribution is -0.128. The van der Waals surface area contributed by atoms with Crippen molar-refractivity contribution in [2.24, 2.45) is 0 Å². The standard InChI is InChI=1S/C17H23N3O4/c1-12(21)18-15-11-14(5-6-16(15)24-3)17(23)20-8-4-7-19(9-10-20)13(2)22/h5-6,11H,4,7-10H2,1-3H3,(H,18,21). The molecule has 7 nitrogen and oxygen atoms in total. The van der Waals surface area contributed by atoms with Crippen LogP contribution in [0.4, 0.5) is 5.69 Å². The number of carbonyl (C=O) groups is 3. The zero-order chi connectivity index (χ0) is 17.7. The van der Waals surface area contributed by atoms with E-state index in [1.165, 1.54) is 14.0 Å². The number of hydrogen-bond donors (Lipinski definition) is 1. The van der Waals surface area contributed by atoms with Crippen LogP contribution < -0.4 is 10.1 Å². The van der Waals surface area contributed by atoms with Crippen LogP contribution in [0.5, 0.6) is 5.75 Å². The maximum Gasteiger partial charge on any atom is 0.253 e. The van der Waals surface area contributed by atoms with Crippen molar-refractivity contribution in [1.82, 2.24) is 9.80 Å². The van der Waals surface area contributed by atoms with Gasteiger partial charge in [0.1, 0.15) is 5.75 Å². The topological polar surface area (TPSA) is 79.0 Å². The highest BCUT2D eigenvalue weighted by Gasteiger charge is 2.22. The lowest BCUT2D eigenvalue weighted by Gasteiger charge is -2.22. The van der Waals surface area contributed by atoms with Gasteiger partial charge < -0.3 is 19.9 Å². The van der Waals surface area contributed by atoms with Gasteiger partial charge in [-0.25, -0.2) is 0 Å². The number of methoxy groups -OCH3 is 1. The summed E-state index contributed by atoms with van der Waals surface area (Å²) >= 11 is 0. The lowest BCUT2D eigenvalue weighted by Crippen LogP contribution is -2.36. The molecule has 1 aliphatic heterocycles. The highest BCUT2D eigenvalue weighted by molar-refractivity contribution is 5.98. The fourth-order valence-electron chi connectivity index (χ4n) is 2.75. The normalized spacial score (nSPS) is 14.8. The Bertz CT molecular complexity index is 645. The van der Waals surface area contributed by atoms with Gasteiger partial charge in [-0.3, -0.25) is 14.4 Å². The van der Waals surface area contributed by atoms with Crippen LogP contribution in [0, 0.1) is 0 Å². The molecule has 0 saturated carbocycles. The minimum Gasteiger partial charge on any atom is -0.495 e. The van der Waals surface area contributed by atoms with Gasteiger partial charge in [-0.05, 0) is 24.6 Å². The molecule has 1 aromatic carbocycles. The third-order valence-electron chi connectivity index (χ3n) is 3.99. The Labute approximate surface area is 141 Å². The van der Waals surface area contributed by atoms with Gasteiger partial charge in [0.05, 0.1) is 12.8 Å². The molecule has 1 saturated heterocycles. The molecule has 0 spiro atoms. The largest absolute Gasteiger partial charge is 0.495 e. The maximum atomic E-state index is 12.7. The van der Waals surface area contributed by atoms with Crippen molar-refractivity contribution in [3.63, 3.8) is 0 Å². The summed E-state index contributed by atoms with van der Waals surface area (Å²) in [5.74, 6) is 0.182. The smallest absolute Gasteiger partial charge is 0.253 e. The van der Waals surface area contributed by atoms with Crippen molar-refractivity contribution in [1.29, 1.82) is 0 Å². The number of rotatable bonds is 3. The van der Waals surface area contributed by atoms with Crippen molar-refractivity contribution >= 4 is 23.4 Å². The second-order valence-electron chi connectivity index (χ2n) is 5.75. The predicted molar refractivity (Wildman–Crippen MR) is 90.1 cm³/mol. The molecule has 0 unspecified atom stereocenters. The Kier molecular flexibility index (Phi) is 5.78. The number of carbonyl (C=O) groups excluding carboxylic acids is 3. The average Bonchev–Trinajstić information content (AvgIpc) is 2.79. The second kappa shape index (κ2) is 7.81. The zero-order valence-corrected chi connectivity index (χ0v) is 14.3. The first kappa shape index (κ1) is 17.8. The minimum atomic E-state index is -0.232. The highest BCUT2D eigenvalue weighted by atomic mass is 16.5. The summed E-state index contributed by atoms with van der Waals surface area (Å²) in [6.45, 7) is 5.25. The van der Waals surface area contributed by atoms with Gasteiger partial charge in [0.25, 0.3) is 5.91 Å². The van der Waals surface area contributed by atoms with E-state index in [2.05, 4.69) is 5.32 Å². The molecule has 3 amide bonds. The van der Waals surface area contributed by atoms with E-state index in [0.29, 0.717) is 43.2 Å². The molecular weight excluding hydrogens is 310 g/mol. The number of benzene rings is 1. The van der Waals surface area contributed by atoms with Crippen LogP contribution >= 0.6 is 0 Å². The molecule has 1 aromatic rings. The Morgan fingerprint density at radius 3 is 2.33 bits per heavy atom. The highest BCUT2D eigenvalue weighted by Crippen LogP contribution is 2.26. The first-order valence-electron chi connectivity index (χ1n) is 7.92. The molecule has 0 bridgehead atoms. The van der Waals surface area contributed by atoms with Crippen LogP contribution in [0.3, 0.4) is 0 Å². The average molecular weight is 333 g/mol. The number of nitrogens with zero attached hydrogens (tertiary/aromatic N) is 2. The molecule has 1 heterocycles. The van der Waals surface area contributed by atoms with E-state index in [-0.39, 0.29) is 17.7 Å². The van der Waals surface area contributed by atoms with Crippen molar-refractivity contribution < 1.29 is 19.1 Å². The molecule has 1 fully saturated rings. The van der Waals surface area contributed by atoms with Crippen LogP contribution in [0.15, 0.2) is 18.2 Å². The summed E-state index contributed by atoms with van der Waals surface area (Å²) in [7, 11) is 1.51. The summed E-state index contributed by atoms with van der Waals surface area (Å²) in [4.78, 5) is 39.0. The molecule has 130 valence electrons. The van der Waals surface area contributed by atoms with Gasteiger partial charge in [-0.2, -0.15) is 0 Å². The summed E-state index contributed by atoms with van der Waals surface area (Å²) in [6.07, 6.45) is 0.750. The number of hydrogen-bond acceptors (Lipinski definition) is 4. The molecule has 0 atom stereocenters. The summed E-state index contributed by atoms with van der Waals surface area (Å²) in [5, 5.41) is 2.67. The van der Waals surface area contributed by atoms with E-state index < -0.39 is 0 Å². The van der Waals surface area contributed by atoms with Crippen molar-refractivity contribution in [3.8, 4) is 5.75 Å². The Hall–Kier alpha value is -2.57. The predicted octanol–water partition coefficient (Wildman–Crippen LogP) is 1.35. The van der Waals surface area contributed by atoms with E-state index in [9.17, 15) is 14.4 Å². The Balaban J connectivity index is 2.17. The number of anilines is 1. The first-order chi connectivity index (χ1) is 11.4. The molecule has 1 N–H and O–H groups in total. The minimum absolute atomic E-state index is 0.0293. The van der Waals surface area contributed by atoms with Gasteiger partial charge >= 0.3 is 0 Å². The molecule has 0 aliphatic carbocycles. The van der Waals surface area contributed by atoms with Crippen molar-refractivity contribution in [2.75, 3.05) is 38.6 Å². The SMILES string of the molecule is COc1ccc(C(=O)N2CCCN(C(C)=O)CC2)cc1NC(C)=O. The molecular formula is C17H23N3O4. The van der Waals surface area contributed by atoms with Crippen LogP contribution in [-0.4, -0.2) is 60.8 Å². The van der Waals surface area contributed by atoms with Crippen LogP contribution in [0.2, 0.25) is 0 Å². The fourth-order valence-corrected chi connectivity index (χ4v) is 2.75. The summed E-state index contributed by atoms with van der Waals surface area (Å²) < 4.78 is 5.20. The molecule has 1 aliphatic rings. The molecule has 0 aromatic heterocycles. The zero-order valence-electron chi connectivity index (χ0n) is 14.3. The third-order valence-corrected chi connectivity index (χ3v) is 3.99. The van der Waals surface area contributed by atoms with Crippen molar-refractivity contribution in [3.05, 3.63) is 23.8 Å². The van der Waals surface area contributed by atoms with E-state index in [1.807, 2.05) is 0 Å². The molecule has 7 heteroatoms. The van der Waals surface area contributed by atoms with Gasteiger partial charge in [0.2, 0.25) is 11.8 Å². The summed E-state index contributed by atoms with van der Waals surface area (Å²) in [6, 6.07) is 4.97. The van der Waals surface area contributed by atoms with Crippen molar-refractivity contribution in [2.45, 2.75) is 20.3 Å². The van der Waals surface area contributed by atoms with Crippen LogP contribution in [0.1, 0.15) is 30.6 Å². The number of nitrogens with one attached hydrogen (secondary N) is 1. The fraction of sp³-hybridized carbons (Fsp3) is 0.471. The van der Waals surface area contributed by atoms with E-state index in [1.54, 1.807) is 34.9 Å². The first-order valence-corrected chi connectivity index (χ1v) is 7.92. The monoisotopic (exact) mass is 333 g/mol. The molecule has 2 rings (SSSR count). The summed E-state index contributed by atoms with van der Waals surface area (Å²) in [5.41, 5.74) is 0.951.